The van der Waals surface area contributed by atoms with Crippen molar-refractivity contribution in [3.8, 4) is 0 Å². The Hall–Kier alpha value is -0.610. The van der Waals surface area contributed by atoms with Crippen LogP contribution in [0.4, 0.5) is 0 Å². The number of carbonyl (C=O) groups excluding carboxylic acids is 1. The first-order valence-electron chi connectivity index (χ1n) is 6.57. The van der Waals surface area contributed by atoms with Crippen molar-refractivity contribution < 1.29 is 14.6 Å². The molecule has 4 heteroatoms. The monoisotopic (exact) mass is 241 g/mol. The number of hydrogen-bond donors (Lipinski definition) is 1. The average molecular weight is 241 g/mol. The van der Waals surface area contributed by atoms with E-state index < -0.39 is 11.8 Å². The number of piperidine rings is 1. The molecule has 2 unspecified atom stereocenters. The summed E-state index contributed by atoms with van der Waals surface area (Å²) in [7, 11) is 2.06. The molecule has 2 bridgehead atoms. The molecule has 0 aliphatic carbocycles. The lowest BCUT2D eigenvalue weighted by Crippen LogP contribution is -2.51. The van der Waals surface area contributed by atoms with Crippen LogP contribution >= 0.6 is 0 Å². The van der Waals surface area contributed by atoms with E-state index >= 15 is 0 Å². The van der Waals surface area contributed by atoms with Crippen LogP contribution in [0.25, 0.3) is 0 Å². The third-order valence-electron chi connectivity index (χ3n) is 4.27. The Morgan fingerprint density at radius 1 is 1.65 bits per heavy atom. The lowest BCUT2D eigenvalue weighted by atomic mass is 9.99. The molecular weight excluding hydrogens is 218 g/mol. The third-order valence-corrected chi connectivity index (χ3v) is 4.27. The normalized spacial score (nSPS) is 39.1. The van der Waals surface area contributed by atoms with E-state index in [1.54, 1.807) is 6.92 Å². The number of nitrogens with zero attached hydrogens (tertiary/aromatic N) is 1. The molecule has 0 aromatic heterocycles. The fourth-order valence-corrected chi connectivity index (χ4v) is 3.47. The Morgan fingerprint density at radius 2 is 2.35 bits per heavy atom. The van der Waals surface area contributed by atoms with Crippen LogP contribution in [0.5, 0.6) is 0 Å². The molecule has 2 aliphatic heterocycles. The molecule has 0 aromatic carbocycles. The second-order valence-corrected chi connectivity index (χ2v) is 5.73. The standard InChI is InChI=1S/C13H23NO3/c1-9-8-13(17-12(16)7-10(2)15)6-4-5-11(9)14(13)3/h9-11,15H,4-8H2,1-3H3/t9?,10?,11-,13-/m1/s1. The van der Waals surface area contributed by atoms with Gasteiger partial charge in [-0.3, -0.25) is 9.69 Å². The van der Waals surface area contributed by atoms with Gasteiger partial charge in [-0.25, -0.2) is 0 Å². The number of fused-ring (bicyclic) bond motifs is 2. The van der Waals surface area contributed by atoms with Gasteiger partial charge in [-0.2, -0.15) is 0 Å². The number of ether oxygens (including phenoxy) is 1. The van der Waals surface area contributed by atoms with Gasteiger partial charge in [0.05, 0.1) is 12.5 Å². The summed E-state index contributed by atoms with van der Waals surface area (Å²) in [5.74, 6) is 0.309. The largest absolute Gasteiger partial charge is 0.444 e. The van der Waals surface area contributed by atoms with Crippen LogP contribution in [0.3, 0.4) is 0 Å². The summed E-state index contributed by atoms with van der Waals surface area (Å²) in [5, 5.41) is 9.22. The molecule has 98 valence electrons. The molecule has 2 fully saturated rings. The maximum absolute atomic E-state index is 11.7. The van der Waals surface area contributed by atoms with E-state index in [4.69, 9.17) is 4.74 Å². The highest BCUT2D eigenvalue weighted by atomic mass is 16.6. The van der Waals surface area contributed by atoms with E-state index in [-0.39, 0.29) is 12.4 Å². The molecule has 2 rings (SSSR count). The highest BCUT2D eigenvalue weighted by Crippen LogP contribution is 2.46. The molecule has 0 aromatic rings. The smallest absolute Gasteiger partial charge is 0.310 e. The molecule has 4 nitrogen and oxygen atoms in total. The van der Waals surface area contributed by atoms with Crippen LogP contribution < -0.4 is 0 Å². The molecule has 0 amide bonds. The molecule has 17 heavy (non-hydrogen) atoms. The van der Waals surface area contributed by atoms with Gasteiger partial charge >= 0.3 is 5.97 Å². The highest BCUT2D eigenvalue weighted by Gasteiger charge is 2.53. The first-order valence-corrected chi connectivity index (χ1v) is 6.57. The zero-order chi connectivity index (χ0) is 12.6. The number of esters is 1. The first-order chi connectivity index (χ1) is 7.94. The molecule has 2 aliphatic rings. The van der Waals surface area contributed by atoms with Crippen molar-refractivity contribution in [2.24, 2.45) is 5.92 Å². The number of aliphatic hydroxyl groups is 1. The van der Waals surface area contributed by atoms with Crippen molar-refractivity contribution in [3.63, 3.8) is 0 Å². The summed E-state index contributed by atoms with van der Waals surface area (Å²) in [6.07, 6.45) is 3.65. The Kier molecular flexibility index (Phi) is 3.46. The topological polar surface area (TPSA) is 49.8 Å². The first kappa shape index (κ1) is 12.8. The van der Waals surface area contributed by atoms with Gasteiger partial charge in [0.1, 0.15) is 0 Å². The maximum Gasteiger partial charge on any atom is 0.310 e. The van der Waals surface area contributed by atoms with E-state index in [0.717, 1.165) is 19.3 Å². The second kappa shape index (κ2) is 4.58. The van der Waals surface area contributed by atoms with Gasteiger partial charge in [-0.1, -0.05) is 6.92 Å². The van der Waals surface area contributed by atoms with E-state index in [1.807, 2.05) is 0 Å². The summed E-state index contributed by atoms with van der Waals surface area (Å²) >= 11 is 0. The predicted molar refractivity (Wildman–Crippen MR) is 64.3 cm³/mol. The van der Waals surface area contributed by atoms with Crippen molar-refractivity contribution in [2.45, 2.75) is 63.8 Å². The summed E-state index contributed by atoms with van der Waals surface area (Å²) in [6.45, 7) is 3.85. The molecule has 0 saturated carbocycles. The van der Waals surface area contributed by atoms with E-state index in [0.29, 0.717) is 12.0 Å². The lowest BCUT2D eigenvalue weighted by Gasteiger charge is -2.41. The summed E-state index contributed by atoms with van der Waals surface area (Å²) in [4.78, 5) is 14.0. The van der Waals surface area contributed by atoms with Gasteiger partial charge in [-0.15, -0.1) is 0 Å². The molecule has 4 atom stereocenters. The SMILES string of the molecule is CC(O)CC(=O)O[C@]12CCC[C@H](C(C)C1)N2C. The van der Waals surface area contributed by atoms with Crippen molar-refractivity contribution in [1.29, 1.82) is 0 Å². The second-order valence-electron chi connectivity index (χ2n) is 5.73. The van der Waals surface area contributed by atoms with Crippen LogP contribution in [-0.4, -0.2) is 40.9 Å². The van der Waals surface area contributed by atoms with Crippen molar-refractivity contribution >= 4 is 5.97 Å². The minimum absolute atomic E-state index is 0.0919. The van der Waals surface area contributed by atoms with Gasteiger partial charge in [0.2, 0.25) is 0 Å². The van der Waals surface area contributed by atoms with Crippen LogP contribution in [-0.2, 0) is 9.53 Å². The Bertz CT molecular complexity index is 305. The lowest BCUT2D eigenvalue weighted by molar-refractivity contribution is -0.186. The zero-order valence-electron chi connectivity index (χ0n) is 11.0. The Balaban J connectivity index is 2.05. The van der Waals surface area contributed by atoms with Crippen molar-refractivity contribution in [2.75, 3.05) is 7.05 Å². The summed E-state index contributed by atoms with van der Waals surface area (Å²) < 4.78 is 5.69. The Morgan fingerprint density at radius 3 is 3.00 bits per heavy atom. The Labute approximate surface area is 103 Å². The minimum Gasteiger partial charge on any atom is -0.444 e. The number of carbonyl (C=O) groups is 1. The molecule has 1 N–H and O–H groups in total. The van der Waals surface area contributed by atoms with Gasteiger partial charge in [0.25, 0.3) is 0 Å². The predicted octanol–water partition coefficient (Wildman–Crippen LogP) is 1.52. The van der Waals surface area contributed by atoms with Crippen LogP contribution in [0.15, 0.2) is 0 Å². The minimum atomic E-state index is -0.623. The fourth-order valence-electron chi connectivity index (χ4n) is 3.47. The third kappa shape index (κ3) is 2.33. The van der Waals surface area contributed by atoms with E-state index in [2.05, 4.69) is 18.9 Å². The molecular formula is C13H23NO3. The summed E-state index contributed by atoms with van der Waals surface area (Å²) in [5.41, 5.74) is -0.395. The molecule has 0 radical (unpaired) electrons. The zero-order valence-corrected chi connectivity index (χ0v) is 11.0. The average Bonchev–Trinajstić information content (AvgIpc) is 2.35. The van der Waals surface area contributed by atoms with E-state index in [1.165, 1.54) is 6.42 Å². The number of rotatable bonds is 3. The highest BCUT2D eigenvalue weighted by molar-refractivity contribution is 5.70. The quantitative estimate of drug-likeness (QED) is 0.761. The fraction of sp³-hybridized carbons (Fsp3) is 0.923. The van der Waals surface area contributed by atoms with Crippen LogP contribution in [0.2, 0.25) is 0 Å². The maximum atomic E-state index is 11.7. The van der Waals surface area contributed by atoms with Gasteiger partial charge < -0.3 is 9.84 Å². The summed E-state index contributed by atoms with van der Waals surface area (Å²) in [6, 6.07) is 0.545. The van der Waals surface area contributed by atoms with Gasteiger partial charge in [0, 0.05) is 18.9 Å². The van der Waals surface area contributed by atoms with Gasteiger partial charge in [-0.05, 0) is 32.7 Å². The number of hydrogen-bond acceptors (Lipinski definition) is 4. The molecule has 0 spiro atoms. The van der Waals surface area contributed by atoms with Gasteiger partial charge in [0.15, 0.2) is 5.72 Å². The van der Waals surface area contributed by atoms with Crippen LogP contribution in [0, 0.1) is 5.92 Å². The molecule has 2 saturated heterocycles. The van der Waals surface area contributed by atoms with Crippen molar-refractivity contribution in [1.82, 2.24) is 4.90 Å². The molecule has 2 heterocycles. The van der Waals surface area contributed by atoms with Crippen LogP contribution in [0.1, 0.15) is 46.0 Å². The number of aliphatic hydroxyl groups excluding tert-OH is 1. The van der Waals surface area contributed by atoms with Crippen molar-refractivity contribution in [3.05, 3.63) is 0 Å². The van der Waals surface area contributed by atoms with E-state index in [9.17, 15) is 9.90 Å².